The van der Waals surface area contributed by atoms with Crippen LogP contribution in [0.15, 0.2) is 4.52 Å². The third kappa shape index (κ3) is 2.35. The molecule has 0 saturated heterocycles. The van der Waals surface area contributed by atoms with Crippen molar-refractivity contribution in [3.63, 3.8) is 0 Å². The van der Waals surface area contributed by atoms with E-state index in [-0.39, 0.29) is 6.01 Å². The Morgan fingerprint density at radius 1 is 1.67 bits per heavy atom. The third-order valence-corrected chi connectivity index (χ3v) is 2.55. The van der Waals surface area contributed by atoms with Crippen LogP contribution in [0, 0.1) is 6.92 Å². The summed E-state index contributed by atoms with van der Waals surface area (Å²) in [5, 5.41) is 2.83. The molecule has 1 rings (SSSR count). The first-order valence-corrected chi connectivity index (χ1v) is 5.09. The number of halogens is 1. The Morgan fingerprint density at radius 3 is 2.75 bits per heavy atom. The summed E-state index contributed by atoms with van der Waals surface area (Å²) in [6.07, 6.45) is 0. The Morgan fingerprint density at radius 2 is 2.33 bits per heavy atom. The van der Waals surface area contributed by atoms with E-state index >= 15 is 0 Å². The molecule has 0 bridgehead atoms. The van der Waals surface area contributed by atoms with E-state index in [2.05, 4.69) is 14.7 Å². The van der Waals surface area contributed by atoms with Gasteiger partial charge >= 0.3 is 6.01 Å². The Balaban J connectivity index is 2.77. The molecule has 0 radical (unpaired) electrons. The minimum absolute atomic E-state index is 0.173. The maximum Gasteiger partial charge on any atom is 0.335 e. The van der Waals surface area contributed by atoms with Crippen LogP contribution in [0.4, 0.5) is 6.01 Å². The van der Waals surface area contributed by atoms with Gasteiger partial charge in [-0.3, -0.25) is 0 Å². The van der Waals surface area contributed by atoms with Crippen molar-refractivity contribution in [2.24, 2.45) is 0 Å². The quantitative estimate of drug-likeness (QED) is 0.728. The number of nitrogens with one attached hydrogen (secondary N) is 1. The predicted molar refractivity (Wildman–Crippen MR) is 42.3 cm³/mol. The van der Waals surface area contributed by atoms with E-state index < -0.39 is 15.2 Å². The number of sulfonamides is 1. The van der Waals surface area contributed by atoms with E-state index in [4.69, 9.17) is 11.6 Å². The lowest BCUT2D eigenvalue weighted by molar-refractivity contribution is 0.429. The average Bonchev–Trinajstić information content (AvgIpc) is 2.35. The second-order valence-electron chi connectivity index (χ2n) is 1.97. The summed E-state index contributed by atoms with van der Waals surface area (Å²) in [5.74, 6) is 0.349. The topological polar surface area (TPSA) is 85.1 Å². The molecule has 0 fully saturated rings. The third-order valence-electron chi connectivity index (χ3n) is 0.914. The summed E-state index contributed by atoms with van der Waals surface area (Å²) in [4.78, 5) is 3.62. The molecule has 12 heavy (non-hydrogen) atoms. The molecule has 6 nitrogen and oxygen atoms in total. The SMILES string of the molecule is Cc1noc(NS(=O)(=O)CCl)n1. The second kappa shape index (κ2) is 3.28. The smallest absolute Gasteiger partial charge is 0.314 e. The van der Waals surface area contributed by atoms with Crippen molar-refractivity contribution < 1.29 is 12.9 Å². The van der Waals surface area contributed by atoms with Crippen LogP contribution in [0.2, 0.25) is 0 Å². The molecule has 1 aromatic rings. The van der Waals surface area contributed by atoms with Gasteiger partial charge in [0, 0.05) is 0 Å². The van der Waals surface area contributed by atoms with Gasteiger partial charge < -0.3 is 4.52 Å². The maximum absolute atomic E-state index is 10.8. The number of rotatable bonds is 3. The number of aromatic nitrogens is 2. The molecule has 0 aromatic carbocycles. The first kappa shape index (κ1) is 9.27. The molecule has 1 N–H and O–H groups in total. The molecule has 8 heteroatoms. The number of anilines is 1. The maximum atomic E-state index is 10.8. The lowest BCUT2D eigenvalue weighted by Gasteiger charge is -1.96. The summed E-state index contributed by atoms with van der Waals surface area (Å²) in [6, 6.07) is -0.173. The van der Waals surface area contributed by atoms with Gasteiger partial charge in [-0.05, 0) is 6.92 Å². The fourth-order valence-corrected chi connectivity index (χ4v) is 1.07. The van der Waals surface area contributed by atoms with Crippen molar-refractivity contribution >= 4 is 27.6 Å². The molecule has 0 unspecified atom stereocenters. The zero-order valence-electron chi connectivity index (χ0n) is 6.11. The van der Waals surface area contributed by atoms with Gasteiger partial charge in [-0.2, -0.15) is 4.98 Å². The highest BCUT2D eigenvalue weighted by atomic mass is 35.5. The monoisotopic (exact) mass is 211 g/mol. The van der Waals surface area contributed by atoms with Crippen LogP contribution in [0.25, 0.3) is 0 Å². The van der Waals surface area contributed by atoms with Gasteiger partial charge in [0.2, 0.25) is 10.0 Å². The Bertz CT molecular complexity index is 359. The second-order valence-corrected chi connectivity index (χ2v) is 4.28. The first-order valence-electron chi connectivity index (χ1n) is 2.90. The van der Waals surface area contributed by atoms with Crippen LogP contribution < -0.4 is 4.72 Å². The van der Waals surface area contributed by atoms with E-state index in [9.17, 15) is 8.42 Å². The molecule has 0 atom stereocenters. The minimum atomic E-state index is -3.54. The standard InChI is InChI=1S/C4H6ClN3O3S/c1-3-6-4(11-7-3)8-12(9,10)2-5/h2H2,1H3,(H,6,7,8). The van der Waals surface area contributed by atoms with Crippen LogP contribution >= 0.6 is 11.6 Å². The highest BCUT2D eigenvalue weighted by molar-refractivity contribution is 7.93. The fourth-order valence-electron chi connectivity index (χ4n) is 0.499. The van der Waals surface area contributed by atoms with E-state index in [1.807, 2.05) is 4.72 Å². The van der Waals surface area contributed by atoms with E-state index in [0.717, 1.165) is 0 Å². The van der Waals surface area contributed by atoms with E-state index in [0.29, 0.717) is 5.82 Å². The van der Waals surface area contributed by atoms with E-state index in [1.54, 1.807) is 6.92 Å². The zero-order valence-corrected chi connectivity index (χ0v) is 7.68. The molecule has 1 heterocycles. The highest BCUT2D eigenvalue weighted by Gasteiger charge is 2.12. The van der Waals surface area contributed by atoms with Crippen LogP contribution in [-0.4, -0.2) is 23.8 Å². The summed E-state index contributed by atoms with van der Waals surface area (Å²) in [6.45, 7) is 1.57. The van der Waals surface area contributed by atoms with Gasteiger partial charge in [0.05, 0.1) is 0 Å². The summed E-state index contributed by atoms with van der Waals surface area (Å²) >= 11 is 5.11. The number of hydrogen-bond acceptors (Lipinski definition) is 5. The molecular formula is C4H6ClN3O3S. The van der Waals surface area contributed by atoms with Gasteiger partial charge in [0.25, 0.3) is 0 Å². The largest absolute Gasteiger partial charge is 0.335 e. The van der Waals surface area contributed by atoms with Gasteiger partial charge in [-0.25, -0.2) is 13.1 Å². The molecule has 1 aromatic heterocycles. The Kier molecular flexibility index (Phi) is 2.53. The van der Waals surface area contributed by atoms with Crippen molar-refractivity contribution in [1.29, 1.82) is 0 Å². The molecule has 0 saturated carbocycles. The lowest BCUT2D eigenvalue weighted by atomic mass is 10.8. The van der Waals surface area contributed by atoms with Gasteiger partial charge in [0.1, 0.15) is 5.21 Å². The minimum Gasteiger partial charge on any atom is -0.314 e. The molecule has 0 spiro atoms. The van der Waals surface area contributed by atoms with Crippen molar-refractivity contribution in [1.82, 2.24) is 10.1 Å². The molecular weight excluding hydrogens is 206 g/mol. The molecule has 0 aliphatic carbocycles. The van der Waals surface area contributed by atoms with Crippen LogP contribution in [0.3, 0.4) is 0 Å². The van der Waals surface area contributed by atoms with Crippen molar-refractivity contribution in [2.75, 3.05) is 9.93 Å². The highest BCUT2D eigenvalue weighted by Crippen LogP contribution is 2.05. The summed E-state index contributed by atoms with van der Waals surface area (Å²) in [5.41, 5.74) is 0. The molecule has 0 aliphatic heterocycles. The zero-order chi connectivity index (χ0) is 9.19. The molecule has 68 valence electrons. The summed E-state index contributed by atoms with van der Waals surface area (Å²) in [7, 11) is -3.54. The van der Waals surface area contributed by atoms with Gasteiger partial charge in [0.15, 0.2) is 5.82 Å². The average molecular weight is 212 g/mol. The van der Waals surface area contributed by atoms with Crippen LogP contribution in [-0.2, 0) is 10.0 Å². The first-order chi connectivity index (χ1) is 5.53. The van der Waals surface area contributed by atoms with Crippen molar-refractivity contribution in [3.05, 3.63) is 5.82 Å². The molecule has 0 aliphatic rings. The number of nitrogens with zero attached hydrogens (tertiary/aromatic N) is 2. The molecule has 0 amide bonds. The van der Waals surface area contributed by atoms with Crippen LogP contribution in [0.5, 0.6) is 0 Å². The lowest BCUT2D eigenvalue weighted by Crippen LogP contribution is -2.13. The van der Waals surface area contributed by atoms with Gasteiger partial charge in [-0.1, -0.05) is 5.16 Å². The van der Waals surface area contributed by atoms with Crippen molar-refractivity contribution in [3.8, 4) is 0 Å². The predicted octanol–water partition coefficient (Wildman–Crippen LogP) is 0.316. The van der Waals surface area contributed by atoms with Gasteiger partial charge in [-0.15, -0.1) is 11.6 Å². The Hall–Kier alpha value is -0.820. The fraction of sp³-hybridized carbons (Fsp3) is 0.500. The van der Waals surface area contributed by atoms with Crippen molar-refractivity contribution in [2.45, 2.75) is 6.92 Å². The number of alkyl halides is 1. The van der Waals surface area contributed by atoms with E-state index in [1.165, 1.54) is 0 Å². The Labute approximate surface area is 74.0 Å². The van der Waals surface area contributed by atoms with Crippen LogP contribution in [0.1, 0.15) is 5.82 Å². The number of aryl methyl sites for hydroxylation is 1. The summed E-state index contributed by atoms with van der Waals surface area (Å²) < 4.78 is 28.1. The normalized spacial score (nSPS) is 11.5. The number of hydrogen-bond donors (Lipinski definition) is 1.